The van der Waals surface area contributed by atoms with Crippen molar-refractivity contribution in [1.82, 2.24) is 14.5 Å². The van der Waals surface area contributed by atoms with Crippen molar-refractivity contribution in [3.05, 3.63) is 167 Å². The van der Waals surface area contributed by atoms with Crippen molar-refractivity contribution in [3.63, 3.8) is 0 Å². The number of rotatable bonds is 7. The molecule has 0 saturated carbocycles. The number of imidazole rings is 1. The molecule has 0 radical (unpaired) electrons. The molecule has 0 unspecified atom stereocenters. The molecule has 2 heterocycles. The fourth-order valence-electron chi connectivity index (χ4n) is 9.09. The first-order chi connectivity index (χ1) is 36.6. The summed E-state index contributed by atoms with van der Waals surface area (Å²) in [6.45, 7) is 24.0. The van der Waals surface area contributed by atoms with Gasteiger partial charge in [-0.15, -0.1) is 0 Å². The maximum absolute atomic E-state index is 12.6. The Kier molecular flexibility index (Phi) is 9.36. The van der Waals surface area contributed by atoms with E-state index in [0.717, 1.165) is 62.6 Å². The minimum atomic E-state index is -3.20. The number of phenols is 1. The molecule has 8 rings (SSSR count). The molecule has 69 heavy (non-hydrogen) atoms. The van der Waals surface area contributed by atoms with Crippen LogP contribution in [0.1, 0.15) is 172 Å². The molecule has 0 aliphatic carbocycles. The van der Waals surface area contributed by atoms with Gasteiger partial charge < -0.3 is 5.11 Å². The molecule has 6 aromatic carbocycles. The minimum Gasteiger partial charge on any atom is -0.507 e. The van der Waals surface area contributed by atoms with E-state index in [1.165, 1.54) is 11.8 Å². The largest absolute Gasteiger partial charge is 0.507 e. The number of aromatic hydroxyl groups is 1. The van der Waals surface area contributed by atoms with Crippen LogP contribution in [0.5, 0.6) is 5.75 Å². The Morgan fingerprint density at radius 2 is 1.17 bits per heavy atom. The third-order valence-electron chi connectivity index (χ3n) is 13.1. The van der Waals surface area contributed by atoms with Crippen LogP contribution in [0.4, 0.5) is 0 Å². The maximum atomic E-state index is 12.6. The SMILES string of the molecule is [2H]c1c([2H])c(C(C)(C([2H])([2H])[2H])C([2H])([2H])[2H])c([2H])c([2H])c1-c1ccnc(-c2cc(-c3cccc4c3nc(-c3cc(C(C)(C)C)cc(C(C)(C)C)c3O)n4-c3ccc(-c4ccccc4C(C)(C)C)c(C([2H])(C)C)c3)cc(C(C)(C)C)c2)c1. The topological polar surface area (TPSA) is 50.9 Å². The lowest BCUT2D eigenvalue weighted by Gasteiger charge is -2.28. The van der Waals surface area contributed by atoms with Gasteiger partial charge in [-0.25, -0.2) is 4.98 Å². The molecule has 0 amide bonds. The molecule has 0 fully saturated rings. The summed E-state index contributed by atoms with van der Waals surface area (Å²) in [5.41, 5.74) is 7.65. The predicted molar refractivity (Wildman–Crippen MR) is 295 cm³/mol. The van der Waals surface area contributed by atoms with Crippen molar-refractivity contribution < 1.29 is 20.2 Å². The fraction of sp³-hybridized carbons (Fsp3) is 0.354. The van der Waals surface area contributed by atoms with Crippen LogP contribution in [0.3, 0.4) is 0 Å². The number of aromatic nitrogens is 3. The molecule has 4 heteroatoms. The van der Waals surface area contributed by atoms with Gasteiger partial charge >= 0.3 is 0 Å². The van der Waals surface area contributed by atoms with Gasteiger partial charge in [0.05, 0.1) is 27.8 Å². The molecule has 8 aromatic rings. The van der Waals surface area contributed by atoms with Crippen molar-refractivity contribution in [3.8, 4) is 67.5 Å². The Balaban J connectivity index is 1.42. The first kappa shape index (κ1) is 36.7. The van der Waals surface area contributed by atoms with Crippen LogP contribution in [0.2, 0.25) is 0 Å². The van der Waals surface area contributed by atoms with Crippen LogP contribution in [-0.2, 0) is 27.1 Å². The summed E-state index contributed by atoms with van der Waals surface area (Å²) in [6, 6.07) is 31.6. The van der Waals surface area contributed by atoms with Gasteiger partial charge in [0, 0.05) is 38.2 Å². The second-order valence-corrected chi connectivity index (χ2v) is 23.2. The Hall–Kier alpha value is -6.26. The van der Waals surface area contributed by atoms with Gasteiger partial charge in [0.1, 0.15) is 11.6 Å². The van der Waals surface area contributed by atoms with Crippen LogP contribution in [0, 0.1) is 0 Å². The number of hydrogen-bond donors (Lipinski definition) is 1. The quantitative estimate of drug-likeness (QED) is 0.173. The number of benzene rings is 6. The van der Waals surface area contributed by atoms with Crippen LogP contribution in [-0.4, -0.2) is 19.6 Å². The molecule has 356 valence electrons. The Bertz CT molecular complexity index is 3690. The van der Waals surface area contributed by atoms with E-state index in [9.17, 15) is 6.48 Å². The standard InChI is InChI=1S/C65H75N3O/c1-40(2)52-39-48(29-30-50(52)51-21-18-19-23-54(51)64(12,13)14)68-57-24-20-22-49(58(57)67-60(68)53-37-47(63(9,10)11)38-55(59(53)69)65(15,16)17)43-33-44(35-46(34-43)62(6,7)8)56-36-42(31-32-66-56)41-25-27-45(28-26-41)61(3,4)5/h18-40,69H,1-17H3/i3D3,4D3,25D,26D,27D,28D,40D. The van der Waals surface area contributed by atoms with E-state index in [4.69, 9.17) is 23.7 Å². The van der Waals surface area contributed by atoms with Crippen LogP contribution < -0.4 is 0 Å². The highest BCUT2D eigenvalue weighted by molar-refractivity contribution is 5.97. The molecule has 0 aliphatic heterocycles. The lowest BCUT2D eigenvalue weighted by molar-refractivity contribution is 0.446. The van der Waals surface area contributed by atoms with Gasteiger partial charge in [0.2, 0.25) is 0 Å². The maximum Gasteiger partial charge on any atom is 0.149 e. The summed E-state index contributed by atoms with van der Waals surface area (Å²) in [5.74, 6) is -0.394. The molecular formula is C65H75N3O. The zero-order chi connectivity index (χ0) is 59.6. The minimum absolute atomic E-state index is 0.127. The van der Waals surface area contributed by atoms with Gasteiger partial charge in [-0.05, 0) is 137 Å². The summed E-state index contributed by atoms with van der Waals surface area (Å²) >= 11 is 0. The van der Waals surface area contributed by atoms with Crippen molar-refractivity contribution in [2.24, 2.45) is 0 Å². The van der Waals surface area contributed by atoms with Crippen molar-refractivity contribution in [2.75, 3.05) is 0 Å². The van der Waals surface area contributed by atoms with E-state index in [0.29, 0.717) is 28.2 Å². The predicted octanol–water partition coefficient (Wildman–Crippen LogP) is 18.1. The highest BCUT2D eigenvalue weighted by Crippen LogP contribution is 2.46. The number of phenolic OH excluding ortho intramolecular Hbond substituents is 1. The number of pyridine rings is 1. The molecule has 0 bridgehead atoms. The van der Waals surface area contributed by atoms with E-state index < -0.39 is 65.6 Å². The monoisotopic (exact) mass is 925 g/mol. The van der Waals surface area contributed by atoms with E-state index in [1.807, 2.05) is 56.3 Å². The van der Waals surface area contributed by atoms with E-state index in [1.54, 1.807) is 12.1 Å². The highest BCUT2D eigenvalue weighted by Gasteiger charge is 2.30. The van der Waals surface area contributed by atoms with Crippen molar-refractivity contribution in [1.29, 1.82) is 0 Å². The molecule has 0 spiro atoms. The normalized spacial score (nSPS) is 15.7. The molecule has 4 nitrogen and oxygen atoms in total. The van der Waals surface area contributed by atoms with Gasteiger partial charge in [0.25, 0.3) is 0 Å². The average molecular weight is 925 g/mol. The number of para-hydroxylation sites is 1. The van der Waals surface area contributed by atoms with Gasteiger partial charge in [0.15, 0.2) is 0 Å². The van der Waals surface area contributed by atoms with Crippen LogP contribution in [0.15, 0.2) is 133 Å². The van der Waals surface area contributed by atoms with Gasteiger partial charge in [-0.2, -0.15) is 0 Å². The Morgan fingerprint density at radius 3 is 1.81 bits per heavy atom. The van der Waals surface area contributed by atoms with Gasteiger partial charge in [-0.3, -0.25) is 9.55 Å². The molecule has 0 atom stereocenters. The lowest BCUT2D eigenvalue weighted by Crippen LogP contribution is -2.17. The Morgan fingerprint density at radius 1 is 0.536 bits per heavy atom. The summed E-state index contributed by atoms with van der Waals surface area (Å²) in [6.07, 6.45) is 1.52. The average Bonchev–Trinajstić information content (AvgIpc) is 3.75. The summed E-state index contributed by atoms with van der Waals surface area (Å²) in [7, 11) is 0. The summed E-state index contributed by atoms with van der Waals surface area (Å²) in [4.78, 5) is 10.4. The molecule has 0 aliphatic rings. The smallest absolute Gasteiger partial charge is 0.149 e. The second kappa shape index (κ2) is 17.6. The molecule has 2 aromatic heterocycles. The third-order valence-corrected chi connectivity index (χ3v) is 13.1. The van der Waals surface area contributed by atoms with Crippen LogP contribution in [0.25, 0.3) is 72.7 Å². The van der Waals surface area contributed by atoms with Crippen molar-refractivity contribution >= 4 is 11.0 Å². The Labute approximate surface area is 429 Å². The summed E-state index contributed by atoms with van der Waals surface area (Å²) in [5, 5.41) is 12.6. The molecular weight excluding hydrogens is 839 g/mol. The third kappa shape index (κ3) is 9.83. The lowest BCUT2D eigenvalue weighted by atomic mass is 9.79. The highest BCUT2D eigenvalue weighted by atomic mass is 16.3. The van der Waals surface area contributed by atoms with E-state index >= 15 is 0 Å². The molecule has 1 N–H and O–H groups in total. The summed E-state index contributed by atoms with van der Waals surface area (Å²) < 4.78 is 97.5. The number of fused-ring (bicyclic) bond motifs is 1. The fourth-order valence-corrected chi connectivity index (χ4v) is 9.09. The van der Waals surface area contributed by atoms with Crippen molar-refractivity contribution in [2.45, 2.75) is 151 Å². The first-order valence-corrected chi connectivity index (χ1v) is 24.0. The second-order valence-electron chi connectivity index (χ2n) is 23.2. The molecule has 0 saturated heterocycles. The zero-order valence-electron chi connectivity index (χ0n) is 54.2. The number of nitrogens with zero attached hydrogens (tertiary/aromatic N) is 3. The van der Waals surface area contributed by atoms with E-state index in [-0.39, 0.29) is 27.7 Å². The first-order valence-electron chi connectivity index (χ1n) is 29.5. The zero-order valence-corrected chi connectivity index (χ0v) is 43.2. The van der Waals surface area contributed by atoms with Gasteiger partial charge in [-0.1, -0.05) is 196 Å². The van der Waals surface area contributed by atoms with E-state index in [2.05, 4.69) is 136 Å². The number of hydrogen-bond acceptors (Lipinski definition) is 3. The van der Waals surface area contributed by atoms with Crippen LogP contribution >= 0.6 is 0 Å².